The van der Waals surface area contributed by atoms with Gasteiger partial charge in [0, 0.05) is 10.6 Å². The van der Waals surface area contributed by atoms with Crippen molar-refractivity contribution in [3.63, 3.8) is 0 Å². The summed E-state index contributed by atoms with van der Waals surface area (Å²) in [5, 5.41) is 11.1. The average molecular weight is 466 g/mol. The van der Waals surface area contributed by atoms with Crippen LogP contribution in [0.5, 0.6) is 17.2 Å². The normalized spacial score (nSPS) is 10.6. The van der Waals surface area contributed by atoms with Crippen molar-refractivity contribution in [2.24, 2.45) is 0 Å². The molecule has 0 unspecified atom stereocenters. The van der Waals surface area contributed by atoms with E-state index in [0.29, 0.717) is 47.7 Å². The van der Waals surface area contributed by atoms with Gasteiger partial charge in [-0.05, 0) is 51.1 Å². The predicted octanol–water partition coefficient (Wildman–Crippen LogP) is 5.49. The molecular weight excluding hydrogens is 445 g/mol. The lowest BCUT2D eigenvalue weighted by atomic mass is 10.2. The molecule has 0 aliphatic carbocycles. The summed E-state index contributed by atoms with van der Waals surface area (Å²) in [5.41, 5.74) is 0.775. The van der Waals surface area contributed by atoms with Crippen LogP contribution in [-0.2, 0) is 0 Å². The summed E-state index contributed by atoms with van der Waals surface area (Å²) >= 11 is 11.9. The number of amides is 1. The molecule has 164 valence electrons. The first-order valence-electron chi connectivity index (χ1n) is 9.63. The second-order valence-electron chi connectivity index (χ2n) is 6.09. The number of hydrogen-bond acceptors (Lipinski definition) is 7. The van der Waals surface area contributed by atoms with Crippen LogP contribution in [0.15, 0.2) is 34.7 Å². The Labute approximate surface area is 189 Å². The molecule has 31 heavy (non-hydrogen) atoms. The van der Waals surface area contributed by atoms with E-state index in [1.54, 1.807) is 18.2 Å². The molecule has 10 heteroatoms. The SMILES string of the molecule is CCOc1cc(-c2nnc(NC(=O)c3ccc(Cl)cc3Cl)o2)cc(OCC)c1OCC. The van der Waals surface area contributed by atoms with E-state index in [9.17, 15) is 4.79 Å². The summed E-state index contributed by atoms with van der Waals surface area (Å²) in [6, 6.07) is 7.88. The molecule has 1 amide bonds. The number of carbonyl (C=O) groups excluding carboxylic acids is 1. The summed E-state index contributed by atoms with van der Waals surface area (Å²) in [6.45, 7) is 6.92. The quantitative estimate of drug-likeness (QED) is 0.445. The van der Waals surface area contributed by atoms with Crippen LogP contribution >= 0.6 is 23.2 Å². The van der Waals surface area contributed by atoms with Crippen molar-refractivity contribution in [1.82, 2.24) is 10.2 Å². The van der Waals surface area contributed by atoms with Crippen LogP contribution in [0.25, 0.3) is 11.5 Å². The van der Waals surface area contributed by atoms with Gasteiger partial charge in [-0.25, -0.2) is 0 Å². The molecule has 0 radical (unpaired) electrons. The molecule has 1 heterocycles. The number of carbonyl (C=O) groups is 1. The maximum Gasteiger partial charge on any atom is 0.322 e. The maximum atomic E-state index is 12.5. The highest BCUT2D eigenvalue weighted by Gasteiger charge is 2.20. The molecule has 3 rings (SSSR count). The minimum absolute atomic E-state index is 0.0872. The largest absolute Gasteiger partial charge is 0.490 e. The number of anilines is 1. The Morgan fingerprint density at radius 2 is 1.61 bits per heavy atom. The molecule has 0 aliphatic rings. The number of nitrogens with one attached hydrogen (secondary N) is 1. The Balaban J connectivity index is 1.89. The van der Waals surface area contributed by atoms with Crippen LogP contribution < -0.4 is 19.5 Å². The van der Waals surface area contributed by atoms with Crippen LogP contribution in [0.1, 0.15) is 31.1 Å². The highest BCUT2D eigenvalue weighted by molar-refractivity contribution is 6.37. The van der Waals surface area contributed by atoms with Gasteiger partial charge in [-0.3, -0.25) is 10.1 Å². The van der Waals surface area contributed by atoms with E-state index in [1.165, 1.54) is 12.1 Å². The number of ether oxygens (including phenoxy) is 3. The van der Waals surface area contributed by atoms with Gasteiger partial charge in [0.1, 0.15) is 0 Å². The molecule has 1 aromatic heterocycles. The number of rotatable bonds is 9. The van der Waals surface area contributed by atoms with E-state index >= 15 is 0 Å². The molecule has 0 saturated heterocycles. The van der Waals surface area contributed by atoms with Crippen LogP contribution in [0.4, 0.5) is 6.01 Å². The van der Waals surface area contributed by atoms with Crippen LogP contribution in [0, 0.1) is 0 Å². The molecular formula is C21H21Cl2N3O5. The molecule has 0 fully saturated rings. The van der Waals surface area contributed by atoms with Gasteiger partial charge in [0.2, 0.25) is 11.6 Å². The molecule has 0 atom stereocenters. The van der Waals surface area contributed by atoms with Gasteiger partial charge in [0.05, 0.1) is 30.4 Å². The summed E-state index contributed by atoms with van der Waals surface area (Å²) in [5.74, 6) is 1.14. The lowest BCUT2D eigenvalue weighted by molar-refractivity contribution is 0.102. The standard InChI is InChI=1S/C21H21Cl2N3O5/c1-4-28-16-9-12(10-17(29-5-2)18(16)30-6-3)20-25-26-21(31-20)24-19(27)14-8-7-13(22)11-15(14)23/h7-11H,4-6H2,1-3H3,(H,24,26,27). The van der Waals surface area contributed by atoms with E-state index in [-0.39, 0.29) is 22.5 Å². The van der Waals surface area contributed by atoms with Crippen molar-refractivity contribution in [2.75, 3.05) is 25.1 Å². The van der Waals surface area contributed by atoms with Gasteiger partial charge in [-0.2, -0.15) is 0 Å². The van der Waals surface area contributed by atoms with Gasteiger partial charge in [-0.15, -0.1) is 5.10 Å². The van der Waals surface area contributed by atoms with E-state index in [4.69, 9.17) is 41.8 Å². The van der Waals surface area contributed by atoms with E-state index in [2.05, 4.69) is 15.5 Å². The molecule has 0 bridgehead atoms. The lowest BCUT2D eigenvalue weighted by Crippen LogP contribution is -2.12. The molecule has 0 spiro atoms. The summed E-state index contributed by atoms with van der Waals surface area (Å²) in [7, 11) is 0. The molecule has 8 nitrogen and oxygen atoms in total. The molecule has 2 aromatic carbocycles. The number of halogens is 2. The minimum Gasteiger partial charge on any atom is -0.490 e. The highest BCUT2D eigenvalue weighted by atomic mass is 35.5. The van der Waals surface area contributed by atoms with Gasteiger partial charge in [0.25, 0.3) is 5.91 Å². The molecule has 3 aromatic rings. The number of benzene rings is 2. The zero-order valence-electron chi connectivity index (χ0n) is 17.2. The van der Waals surface area contributed by atoms with Crippen molar-refractivity contribution >= 4 is 35.1 Å². The summed E-state index contributed by atoms with van der Waals surface area (Å²) < 4.78 is 22.7. The average Bonchev–Trinajstić information content (AvgIpc) is 3.19. The molecule has 0 saturated carbocycles. The van der Waals surface area contributed by atoms with Crippen LogP contribution in [-0.4, -0.2) is 35.9 Å². The van der Waals surface area contributed by atoms with Gasteiger partial charge < -0.3 is 18.6 Å². The topological polar surface area (TPSA) is 95.7 Å². The Bertz CT molecular complexity index is 1040. The second kappa shape index (κ2) is 10.4. The number of nitrogens with zero attached hydrogens (tertiary/aromatic N) is 2. The van der Waals surface area contributed by atoms with Gasteiger partial charge >= 0.3 is 6.01 Å². The fourth-order valence-electron chi connectivity index (χ4n) is 2.74. The smallest absolute Gasteiger partial charge is 0.322 e. The Hall–Kier alpha value is -2.97. The van der Waals surface area contributed by atoms with Crippen molar-refractivity contribution in [3.8, 4) is 28.7 Å². The van der Waals surface area contributed by atoms with Gasteiger partial charge in [0.15, 0.2) is 11.5 Å². The van der Waals surface area contributed by atoms with Crippen molar-refractivity contribution < 1.29 is 23.4 Å². The minimum atomic E-state index is -0.506. The number of aromatic nitrogens is 2. The third-order valence-corrected chi connectivity index (χ3v) is 4.53. The Morgan fingerprint density at radius 3 is 2.19 bits per heavy atom. The number of hydrogen-bond donors (Lipinski definition) is 1. The van der Waals surface area contributed by atoms with Gasteiger partial charge in [-0.1, -0.05) is 28.3 Å². The van der Waals surface area contributed by atoms with E-state index < -0.39 is 5.91 Å². The zero-order chi connectivity index (χ0) is 22.4. The van der Waals surface area contributed by atoms with Crippen molar-refractivity contribution in [2.45, 2.75) is 20.8 Å². The monoisotopic (exact) mass is 465 g/mol. The van der Waals surface area contributed by atoms with Crippen molar-refractivity contribution in [3.05, 3.63) is 45.9 Å². The maximum absolute atomic E-state index is 12.5. The fourth-order valence-corrected chi connectivity index (χ4v) is 3.23. The zero-order valence-corrected chi connectivity index (χ0v) is 18.7. The predicted molar refractivity (Wildman–Crippen MR) is 118 cm³/mol. The van der Waals surface area contributed by atoms with Crippen LogP contribution in [0.3, 0.4) is 0 Å². The first kappa shape index (κ1) is 22.7. The molecule has 0 aliphatic heterocycles. The van der Waals surface area contributed by atoms with E-state index in [0.717, 1.165) is 0 Å². The van der Waals surface area contributed by atoms with E-state index in [1.807, 2.05) is 20.8 Å². The summed E-state index contributed by atoms with van der Waals surface area (Å²) in [6.07, 6.45) is 0. The third-order valence-electron chi connectivity index (χ3n) is 3.98. The first-order chi connectivity index (χ1) is 15.0. The molecule has 1 N–H and O–H groups in total. The first-order valence-corrected chi connectivity index (χ1v) is 10.4. The Morgan fingerprint density at radius 1 is 0.968 bits per heavy atom. The van der Waals surface area contributed by atoms with Crippen LogP contribution in [0.2, 0.25) is 10.0 Å². The fraction of sp³-hybridized carbons (Fsp3) is 0.286. The second-order valence-corrected chi connectivity index (χ2v) is 6.93. The summed E-state index contributed by atoms with van der Waals surface area (Å²) in [4.78, 5) is 12.5. The van der Waals surface area contributed by atoms with Crippen molar-refractivity contribution in [1.29, 1.82) is 0 Å². The third kappa shape index (κ3) is 5.39. The highest BCUT2D eigenvalue weighted by Crippen LogP contribution is 2.41. The Kier molecular flexibility index (Phi) is 7.59. The lowest BCUT2D eigenvalue weighted by Gasteiger charge is -2.16.